The summed E-state index contributed by atoms with van der Waals surface area (Å²) in [5, 5.41) is 7.35. The zero-order valence-electron chi connectivity index (χ0n) is 15.7. The summed E-state index contributed by atoms with van der Waals surface area (Å²) in [5.74, 6) is 0.152. The lowest BCUT2D eigenvalue weighted by Gasteiger charge is -2.20. The summed E-state index contributed by atoms with van der Waals surface area (Å²) >= 11 is 0. The van der Waals surface area contributed by atoms with Crippen molar-refractivity contribution in [3.05, 3.63) is 35.4 Å². The maximum Gasteiger partial charge on any atom is 0.321 e. The van der Waals surface area contributed by atoms with Gasteiger partial charge in [0.25, 0.3) is 5.91 Å². The molecule has 5 heteroatoms. The molecule has 25 heavy (non-hydrogen) atoms. The molecule has 1 aliphatic rings. The second kappa shape index (κ2) is 9.56. The van der Waals surface area contributed by atoms with Gasteiger partial charge >= 0.3 is 6.03 Å². The first-order chi connectivity index (χ1) is 12.0. The highest BCUT2D eigenvalue weighted by molar-refractivity contribution is 5.94. The van der Waals surface area contributed by atoms with Crippen molar-refractivity contribution in [1.82, 2.24) is 10.6 Å². The van der Waals surface area contributed by atoms with E-state index in [0.29, 0.717) is 5.92 Å². The number of nitrogens with one attached hydrogen (secondary N) is 2. The van der Waals surface area contributed by atoms with Crippen LogP contribution in [0.25, 0.3) is 0 Å². The van der Waals surface area contributed by atoms with Crippen LogP contribution in [0.3, 0.4) is 0 Å². The van der Waals surface area contributed by atoms with Crippen molar-refractivity contribution in [3.63, 3.8) is 0 Å². The van der Waals surface area contributed by atoms with E-state index in [1.54, 1.807) is 0 Å². The minimum atomic E-state index is -0.362. The Bertz CT molecular complexity index is 563. The van der Waals surface area contributed by atoms with E-state index in [9.17, 15) is 9.59 Å². The fraction of sp³-hybridized carbons (Fsp3) is 0.600. The summed E-state index contributed by atoms with van der Waals surface area (Å²) in [4.78, 5) is 24.0. The third-order valence-corrected chi connectivity index (χ3v) is 4.99. The molecule has 1 saturated carbocycles. The standard InChI is InChI=1S/C20H31N3O2/c1-4-15-9-11-16(12-10-15)19(14(2)3)21-13-18(24)23-20(25)22-17-7-5-6-8-17/h9-12,14,17,19,21H,4-8,13H2,1-3H3,(H2,22,23,24,25)/p+1/t19-/m1/s1. The van der Waals surface area contributed by atoms with E-state index < -0.39 is 0 Å². The molecule has 1 aliphatic carbocycles. The fourth-order valence-corrected chi connectivity index (χ4v) is 3.47. The van der Waals surface area contributed by atoms with E-state index in [1.165, 1.54) is 11.1 Å². The molecule has 3 amide bonds. The summed E-state index contributed by atoms with van der Waals surface area (Å²) in [5.41, 5.74) is 2.53. The van der Waals surface area contributed by atoms with Gasteiger partial charge in [-0.1, -0.05) is 57.9 Å². The third kappa shape index (κ3) is 6.16. The molecule has 1 aromatic rings. The summed E-state index contributed by atoms with van der Waals surface area (Å²) in [6.07, 6.45) is 5.35. The van der Waals surface area contributed by atoms with Gasteiger partial charge in [0.2, 0.25) is 0 Å². The first kappa shape index (κ1) is 19.4. The van der Waals surface area contributed by atoms with Crippen LogP contribution in [0.4, 0.5) is 4.79 Å². The lowest BCUT2D eigenvalue weighted by atomic mass is 9.95. The number of imide groups is 1. The average Bonchev–Trinajstić information content (AvgIpc) is 3.08. The van der Waals surface area contributed by atoms with Crippen LogP contribution in [0.5, 0.6) is 0 Å². The Labute approximate surface area is 151 Å². The summed E-state index contributed by atoms with van der Waals surface area (Å²) < 4.78 is 0. The summed E-state index contributed by atoms with van der Waals surface area (Å²) in [6, 6.07) is 8.64. The second-order valence-corrected chi connectivity index (χ2v) is 7.31. The number of nitrogens with two attached hydrogens (primary N) is 1. The van der Waals surface area contributed by atoms with Gasteiger partial charge in [0, 0.05) is 17.5 Å². The monoisotopic (exact) mass is 346 g/mol. The van der Waals surface area contributed by atoms with Crippen LogP contribution < -0.4 is 16.0 Å². The van der Waals surface area contributed by atoms with Crippen molar-refractivity contribution in [2.75, 3.05) is 6.54 Å². The fourth-order valence-electron chi connectivity index (χ4n) is 3.47. The molecule has 4 N–H and O–H groups in total. The van der Waals surface area contributed by atoms with Gasteiger partial charge in [-0.15, -0.1) is 0 Å². The van der Waals surface area contributed by atoms with Gasteiger partial charge in [0.15, 0.2) is 6.54 Å². The van der Waals surface area contributed by atoms with Crippen molar-refractivity contribution in [1.29, 1.82) is 0 Å². The molecule has 0 heterocycles. The third-order valence-electron chi connectivity index (χ3n) is 4.99. The van der Waals surface area contributed by atoms with Crippen LogP contribution in [-0.2, 0) is 11.2 Å². The number of aryl methyl sites for hydroxylation is 1. The van der Waals surface area contributed by atoms with Gasteiger partial charge in [-0.05, 0) is 24.8 Å². The van der Waals surface area contributed by atoms with Crippen molar-refractivity contribution in [3.8, 4) is 0 Å². The summed E-state index contributed by atoms with van der Waals surface area (Å²) in [7, 11) is 0. The van der Waals surface area contributed by atoms with Gasteiger partial charge in [-0.25, -0.2) is 4.79 Å². The molecule has 1 aromatic carbocycles. The Hall–Kier alpha value is -1.88. The van der Waals surface area contributed by atoms with Gasteiger partial charge < -0.3 is 10.6 Å². The molecule has 0 unspecified atom stereocenters. The summed E-state index contributed by atoms with van der Waals surface area (Å²) in [6.45, 7) is 6.69. The SMILES string of the molecule is CCc1ccc([C@H]([NH2+]CC(=O)NC(=O)NC2CCCC2)C(C)C)cc1. The molecule has 1 atom stereocenters. The zero-order chi connectivity index (χ0) is 18.2. The molecule has 2 rings (SSSR count). The number of hydrogen-bond donors (Lipinski definition) is 3. The van der Waals surface area contributed by atoms with Crippen molar-refractivity contribution in [2.45, 2.75) is 65.0 Å². The quantitative estimate of drug-likeness (QED) is 0.708. The molecular weight excluding hydrogens is 314 g/mol. The van der Waals surface area contributed by atoms with Crippen molar-refractivity contribution >= 4 is 11.9 Å². The van der Waals surface area contributed by atoms with E-state index in [4.69, 9.17) is 0 Å². The van der Waals surface area contributed by atoms with E-state index in [-0.39, 0.29) is 30.6 Å². The Balaban J connectivity index is 1.82. The number of amides is 3. The van der Waals surface area contributed by atoms with Crippen LogP contribution in [-0.4, -0.2) is 24.5 Å². The number of rotatable bonds is 7. The molecule has 0 aromatic heterocycles. The molecule has 0 spiro atoms. The Morgan fingerprint density at radius 2 is 1.80 bits per heavy atom. The normalized spacial score (nSPS) is 16.0. The minimum absolute atomic E-state index is 0.203. The molecule has 0 bridgehead atoms. The van der Waals surface area contributed by atoms with E-state index >= 15 is 0 Å². The Morgan fingerprint density at radius 1 is 1.16 bits per heavy atom. The van der Waals surface area contributed by atoms with Crippen LogP contribution >= 0.6 is 0 Å². The maximum atomic E-state index is 12.1. The number of urea groups is 1. The van der Waals surface area contributed by atoms with Crippen LogP contribution in [0.1, 0.15) is 63.6 Å². The first-order valence-electron chi connectivity index (χ1n) is 9.52. The van der Waals surface area contributed by atoms with Crippen LogP contribution in [0, 0.1) is 5.92 Å². The number of benzene rings is 1. The topological polar surface area (TPSA) is 74.8 Å². The predicted octanol–water partition coefficient (Wildman–Crippen LogP) is 2.28. The lowest BCUT2D eigenvalue weighted by molar-refractivity contribution is -0.692. The van der Waals surface area contributed by atoms with E-state index in [1.807, 2.05) is 5.32 Å². The highest BCUT2D eigenvalue weighted by atomic mass is 16.2. The Morgan fingerprint density at radius 3 is 2.36 bits per heavy atom. The minimum Gasteiger partial charge on any atom is -0.335 e. The van der Waals surface area contributed by atoms with E-state index in [2.05, 4.69) is 55.7 Å². The van der Waals surface area contributed by atoms with Crippen molar-refractivity contribution < 1.29 is 14.9 Å². The van der Waals surface area contributed by atoms with Gasteiger partial charge in [-0.2, -0.15) is 0 Å². The number of quaternary nitrogens is 1. The second-order valence-electron chi connectivity index (χ2n) is 7.31. The van der Waals surface area contributed by atoms with Gasteiger partial charge in [0.05, 0.1) is 0 Å². The average molecular weight is 346 g/mol. The molecule has 5 nitrogen and oxygen atoms in total. The Kier molecular flexibility index (Phi) is 7.44. The van der Waals surface area contributed by atoms with Gasteiger partial charge in [-0.3, -0.25) is 10.1 Å². The molecule has 138 valence electrons. The number of carbonyl (C=O) groups is 2. The van der Waals surface area contributed by atoms with Crippen LogP contribution in [0.2, 0.25) is 0 Å². The highest BCUT2D eigenvalue weighted by Gasteiger charge is 2.22. The van der Waals surface area contributed by atoms with Crippen molar-refractivity contribution in [2.24, 2.45) is 5.92 Å². The first-order valence-corrected chi connectivity index (χ1v) is 9.52. The molecule has 0 radical (unpaired) electrons. The predicted molar refractivity (Wildman–Crippen MR) is 99.1 cm³/mol. The highest BCUT2D eigenvalue weighted by Crippen LogP contribution is 2.18. The lowest BCUT2D eigenvalue weighted by Crippen LogP contribution is -2.88. The van der Waals surface area contributed by atoms with E-state index in [0.717, 1.165) is 32.1 Å². The van der Waals surface area contributed by atoms with Crippen LogP contribution in [0.15, 0.2) is 24.3 Å². The maximum absolute atomic E-state index is 12.1. The molecular formula is C20H32N3O2+. The molecule has 0 saturated heterocycles. The molecule has 0 aliphatic heterocycles. The number of carbonyl (C=O) groups excluding carboxylic acids is 2. The molecule has 1 fully saturated rings. The zero-order valence-corrected chi connectivity index (χ0v) is 15.7. The largest absolute Gasteiger partial charge is 0.335 e. The van der Waals surface area contributed by atoms with Gasteiger partial charge in [0.1, 0.15) is 6.04 Å². The number of hydrogen-bond acceptors (Lipinski definition) is 2. The smallest absolute Gasteiger partial charge is 0.321 e.